The molecular weight excluding hydrogens is 332 g/mol. The number of carbonyl (C=O) groups excluding carboxylic acids is 1. The van der Waals surface area contributed by atoms with Crippen molar-refractivity contribution in [2.24, 2.45) is 0 Å². The minimum Gasteiger partial charge on any atom is -0.363 e. The van der Waals surface area contributed by atoms with Gasteiger partial charge >= 0.3 is 0 Å². The lowest BCUT2D eigenvalue weighted by Crippen LogP contribution is -2.48. The maximum atomic E-state index is 12.4. The van der Waals surface area contributed by atoms with Gasteiger partial charge in [0.05, 0.1) is 6.20 Å². The lowest BCUT2D eigenvalue weighted by molar-refractivity contribution is 0.0706. The number of H-pyrrole nitrogens is 1. The van der Waals surface area contributed by atoms with Crippen LogP contribution in [0.2, 0.25) is 0 Å². The van der Waals surface area contributed by atoms with Crippen LogP contribution in [-0.4, -0.2) is 75.5 Å². The summed E-state index contributed by atoms with van der Waals surface area (Å²) in [5.41, 5.74) is 0.383. The molecule has 1 aliphatic heterocycles. The number of nitrogens with one attached hydrogen (secondary N) is 1. The smallest absolute Gasteiger partial charge is 0.276 e. The summed E-state index contributed by atoms with van der Waals surface area (Å²) in [6.07, 6.45) is 7.40. The molecule has 2 fully saturated rings. The predicted molar refractivity (Wildman–Crippen MR) is 97.2 cm³/mol. The number of piperidine rings is 1. The van der Waals surface area contributed by atoms with Gasteiger partial charge in [-0.1, -0.05) is 0 Å². The Bertz CT molecular complexity index is 750. The van der Waals surface area contributed by atoms with Crippen LogP contribution in [0.3, 0.4) is 0 Å². The number of carbonyl (C=O) groups is 1. The van der Waals surface area contributed by atoms with E-state index in [9.17, 15) is 4.79 Å². The van der Waals surface area contributed by atoms with Crippen molar-refractivity contribution in [3.05, 3.63) is 24.3 Å². The Morgan fingerprint density at radius 1 is 1.12 bits per heavy atom. The predicted octanol–water partition coefficient (Wildman–Crippen LogP) is 0.934. The summed E-state index contributed by atoms with van der Waals surface area (Å²) in [5, 5.41) is 10.1. The first-order valence-electron chi connectivity index (χ1n) is 9.06. The van der Waals surface area contributed by atoms with Crippen LogP contribution >= 0.6 is 0 Å². The topological polar surface area (TPSA) is 94.1 Å². The summed E-state index contributed by atoms with van der Waals surface area (Å²) < 4.78 is 0. The molecule has 2 aliphatic rings. The zero-order valence-corrected chi connectivity index (χ0v) is 15.2. The van der Waals surface area contributed by atoms with Gasteiger partial charge < -0.3 is 14.7 Å². The molecule has 1 saturated carbocycles. The fraction of sp³-hybridized carbons (Fsp3) is 0.588. The third kappa shape index (κ3) is 3.33. The van der Waals surface area contributed by atoms with E-state index in [0.29, 0.717) is 17.8 Å². The number of amides is 1. The first-order chi connectivity index (χ1) is 12.6. The molecule has 1 amide bonds. The lowest BCUT2D eigenvalue weighted by atomic mass is 10.0. The number of hydrogen-bond donors (Lipinski definition) is 1. The Hall–Kier alpha value is -2.71. The maximum Gasteiger partial charge on any atom is 0.276 e. The molecule has 138 valence electrons. The van der Waals surface area contributed by atoms with E-state index in [1.807, 2.05) is 23.9 Å². The van der Waals surface area contributed by atoms with E-state index in [1.54, 1.807) is 6.33 Å². The molecule has 1 saturated heterocycles. The summed E-state index contributed by atoms with van der Waals surface area (Å²) in [7, 11) is 3.98. The highest BCUT2D eigenvalue weighted by atomic mass is 16.2. The van der Waals surface area contributed by atoms with E-state index in [4.69, 9.17) is 0 Å². The van der Waals surface area contributed by atoms with E-state index in [0.717, 1.165) is 37.6 Å². The monoisotopic (exact) mass is 356 g/mol. The Balaban J connectivity index is 1.46. The Labute approximate surface area is 152 Å². The van der Waals surface area contributed by atoms with Crippen molar-refractivity contribution >= 4 is 17.5 Å². The molecule has 1 aliphatic carbocycles. The third-order valence-electron chi connectivity index (χ3n) is 5.08. The van der Waals surface area contributed by atoms with E-state index in [1.165, 1.54) is 19.0 Å². The Kier molecular flexibility index (Phi) is 4.44. The minimum absolute atomic E-state index is 0.0490. The molecule has 3 heterocycles. The lowest BCUT2D eigenvalue weighted by Gasteiger charge is -2.39. The molecule has 0 atom stereocenters. The summed E-state index contributed by atoms with van der Waals surface area (Å²) in [4.78, 5) is 27.6. The molecule has 0 bridgehead atoms. The number of likely N-dealkylation sites (tertiary alicyclic amines) is 1. The number of rotatable bonds is 5. The van der Waals surface area contributed by atoms with Crippen molar-refractivity contribution < 1.29 is 4.79 Å². The SMILES string of the molecule is CN(C)c1cc(N(C2CC2)C2CCN(C(=O)c3cn[nH]n3)CC2)ncn1. The maximum absolute atomic E-state index is 12.4. The van der Waals surface area contributed by atoms with Gasteiger partial charge in [0.2, 0.25) is 0 Å². The largest absolute Gasteiger partial charge is 0.363 e. The summed E-state index contributed by atoms with van der Waals surface area (Å²) >= 11 is 0. The van der Waals surface area contributed by atoms with Crippen LogP contribution < -0.4 is 9.80 Å². The van der Waals surface area contributed by atoms with Crippen molar-refractivity contribution in [2.45, 2.75) is 37.8 Å². The van der Waals surface area contributed by atoms with Gasteiger partial charge in [0.25, 0.3) is 5.91 Å². The Morgan fingerprint density at radius 3 is 2.42 bits per heavy atom. The van der Waals surface area contributed by atoms with Crippen LogP contribution in [0, 0.1) is 0 Å². The zero-order chi connectivity index (χ0) is 18.1. The van der Waals surface area contributed by atoms with Crippen LogP contribution in [0.4, 0.5) is 11.6 Å². The number of hydrogen-bond acceptors (Lipinski definition) is 7. The van der Waals surface area contributed by atoms with Crippen LogP contribution in [0.5, 0.6) is 0 Å². The number of anilines is 2. The van der Waals surface area contributed by atoms with E-state index in [2.05, 4.69) is 36.3 Å². The third-order valence-corrected chi connectivity index (χ3v) is 5.08. The van der Waals surface area contributed by atoms with Crippen LogP contribution in [-0.2, 0) is 0 Å². The van der Waals surface area contributed by atoms with Gasteiger partial charge in [0.15, 0.2) is 5.69 Å². The van der Waals surface area contributed by atoms with Gasteiger partial charge in [-0.25, -0.2) is 9.97 Å². The molecule has 9 heteroatoms. The number of aromatic amines is 1. The highest BCUT2D eigenvalue weighted by Crippen LogP contribution is 2.36. The average Bonchev–Trinajstić information content (AvgIpc) is 3.33. The highest BCUT2D eigenvalue weighted by molar-refractivity contribution is 5.91. The van der Waals surface area contributed by atoms with Gasteiger partial charge in [0, 0.05) is 45.3 Å². The van der Waals surface area contributed by atoms with Crippen LogP contribution in [0.25, 0.3) is 0 Å². The molecular formula is C17H24N8O. The number of nitrogens with zero attached hydrogens (tertiary/aromatic N) is 7. The molecule has 0 spiro atoms. The fourth-order valence-corrected chi connectivity index (χ4v) is 3.56. The van der Waals surface area contributed by atoms with E-state index in [-0.39, 0.29) is 5.91 Å². The molecule has 26 heavy (non-hydrogen) atoms. The van der Waals surface area contributed by atoms with Crippen molar-refractivity contribution in [1.29, 1.82) is 0 Å². The van der Waals surface area contributed by atoms with E-state index < -0.39 is 0 Å². The molecule has 2 aromatic heterocycles. The molecule has 4 rings (SSSR count). The number of aromatic nitrogens is 5. The molecule has 9 nitrogen and oxygen atoms in total. The average molecular weight is 356 g/mol. The summed E-state index contributed by atoms with van der Waals surface area (Å²) in [6.45, 7) is 1.45. The standard InChI is InChI=1S/C17H24N8O/c1-23(2)15-9-16(19-11-18-15)25(12-3-4-12)13-5-7-24(8-6-13)17(26)14-10-20-22-21-14/h9-13H,3-8H2,1-2H3,(H,20,21,22). The highest BCUT2D eigenvalue weighted by Gasteiger charge is 2.37. The van der Waals surface area contributed by atoms with Gasteiger partial charge in [-0.2, -0.15) is 15.4 Å². The minimum atomic E-state index is -0.0490. The Morgan fingerprint density at radius 2 is 1.81 bits per heavy atom. The first-order valence-corrected chi connectivity index (χ1v) is 9.06. The van der Waals surface area contributed by atoms with Crippen molar-refractivity contribution in [1.82, 2.24) is 30.3 Å². The zero-order valence-electron chi connectivity index (χ0n) is 15.2. The van der Waals surface area contributed by atoms with Crippen molar-refractivity contribution in [3.63, 3.8) is 0 Å². The van der Waals surface area contributed by atoms with Crippen LogP contribution in [0.15, 0.2) is 18.6 Å². The van der Waals surface area contributed by atoms with Gasteiger partial charge in [-0.3, -0.25) is 4.79 Å². The fourth-order valence-electron chi connectivity index (χ4n) is 3.56. The molecule has 1 N–H and O–H groups in total. The second kappa shape index (κ2) is 6.89. The quantitative estimate of drug-likeness (QED) is 0.852. The van der Waals surface area contributed by atoms with Crippen molar-refractivity contribution in [2.75, 3.05) is 37.0 Å². The van der Waals surface area contributed by atoms with E-state index >= 15 is 0 Å². The van der Waals surface area contributed by atoms with Crippen LogP contribution in [0.1, 0.15) is 36.2 Å². The second-order valence-corrected chi connectivity index (χ2v) is 7.15. The molecule has 2 aromatic rings. The normalized spacial score (nSPS) is 18.0. The van der Waals surface area contributed by atoms with Crippen molar-refractivity contribution in [3.8, 4) is 0 Å². The second-order valence-electron chi connectivity index (χ2n) is 7.15. The first kappa shape index (κ1) is 16.7. The van der Waals surface area contributed by atoms with Gasteiger partial charge in [-0.15, -0.1) is 0 Å². The van der Waals surface area contributed by atoms with Gasteiger partial charge in [-0.05, 0) is 25.7 Å². The molecule has 0 unspecified atom stereocenters. The van der Waals surface area contributed by atoms with Gasteiger partial charge in [0.1, 0.15) is 18.0 Å². The molecule has 0 aromatic carbocycles. The summed E-state index contributed by atoms with van der Waals surface area (Å²) in [6, 6.07) is 3.02. The summed E-state index contributed by atoms with van der Waals surface area (Å²) in [5.74, 6) is 1.86. The molecule has 0 radical (unpaired) electrons.